The first-order valence-electron chi connectivity index (χ1n) is 9.44. The normalized spacial score (nSPS) is 12.1. The van der Waals surface area contributed by atoms with Crippen LogP contribution in [0.5, 0.6) is 11.5 Å². The van der Waals surface area contributed by atoms with Gasteiger partial charge in [0, 0.05) is 23.4 Å². The summed E-state index contributed by atoms with van der Waals surface area (Å²) in [4.78, 5) is 31.3. The number of alkyl halides is 3. The van der Waals surface area contributed by atoms with Gasteiger partial charge in [-0.1, -0.05) is 0 Å². The van der Waals surface area contributed by atoms with Crippen LogP contribution in [0.1, 0.15) is 23.0 Å². The van der Waals surface area contributed by atoms with E-state index in [2.05, 4.69) is 15.3 Å². The maximum Gasteiger partial charge on any atom is 0.418 e. The van der Waals surface area contributed by atoms with Gasteiger partial charge in [-0.15, -0.1) is 0 Å². The molecule has 33 heavy (non-hydrogen) atoms. The van der Waals surface area contributed by atoms with Crippen molar-refractivity contribution in [2.75, 3.05) is 11.1 Å². The SMILES string of the molecule is C[C@H](Nc1cc(C(N)=O)nc(-c2ccc(Oc3ccc(C(F)(F)F)c(N)c3)cc2)n1)C(N)=O. The first kappa shape index (κ1) is 23.3. The number of carbonyl (C=O) groups excluding carboxylic acids is 2. The van der Waals surface area contributed by atoms with Crippen molar-refractivity contribution >= 4 is 23.3 Å². The number of aromatic nitrogens is 2. The summed E-state index contributed by atoms with van der Waals surface area (Å²) >= 11 is 0. The summed E-state index contributed by atoms with van der Waals surface area (Å²) in [6, 6.07) is 9.81. The molecule has 0 radical (unpaired) electrons. The van der Waals surface area contributed by atoms with Gasteiger partial charge < -0.3 is 27.3 Å². The molecule has 2 aromatic carbocycles. The predicted octanol–water partition coefficient (Wildman–Crippen LogP) is 2.92. The van der Waals surface area contributed by atoms with Gasteiger partial charge in [-0.2, -0.15) is 13.2 Å². The van der Waals surface area contributed by atoms with E-state index >= 15 is 0 Å². The summed E-state index contributed by atoms with van der Waals surface area (Å²) in [5.41, 5.74) is 15.0. The largest absolute Gasteiger partial charge is 0.457 e. The Kier molecular flexibility index (Phi) is 6.38. The van der Waals surface area contributed by atoms with Crippen LogP contribution < -0.4 is 27.3 Å². The van der Waals surface area contributed by atoms with E-state index in [1.807, 2.05) is 0 Å². The van der Waals surface area contributed by atoms with Gasteiger partial charge in [0.25, 0.3) is 5.91 Å². The van der Waals surface area contributed by atoms with Gasteiger partial charge in [0.2, 0.25) is 5.91 Å². The third kappa shape index (κ3) is 5.67. The molecule has 0 saturated carbocycles. The van der Waals surface area contributed by atoms with E-state index in [-0.39, 0.29) is 23.1 Å². The van der Waals surface area contributed by atoms with Gasteiger partial charge >= 0.3 is 6.18 Å². The molecule has 0 fully saturated rings. The molecule has 0 saturated heterocycles. The Morgan fingerprint density at radius 1 is 1.00 bits per heavy atom. The predicted molar refractivity (Wildman–Crippen MR) is 114 cm³/mol. The summed E-state index contributed by atoms with van der Waals surface area (Å²) < 4.78 is 44.1. The second-order valence-electron chi connectivity index (χ2n) is 6.97. The molecule has 0 aliphatic carbocycles. The molecule has 0 spiro atoms. The third-order valence-corrected chi connectivity index (χ3v) is 4.45. The molecule has 1 atom stereocenters. The molecule has 0 aliphatic rings. The van der Waals surface area contributed by atoms with Gasteiger partial charge in [-0.05, 0) is 43.3 Å². The summed E-state index contributed by atoms with van der Waals surface area (Å²) in [5.74, 6) is -0.692. The zero-order valence-corrected chi connectivity index (χ0v) is 17.2. The van der Waals surface area contributed by atoms with E-state index in [4.69, 9.17) is 21.9 Å². The number of halogens is 3. The maximum absolute atomic E-state index is 12.8. The molecule has 7 N–H and O–H groups in total. The molecule has 0 aliphatic heterocycles. The third-order valence-electron chi connectivity index (χ3n) is 4.45. The van der Waals surface area contributed by atoms with Crippen molar-refractivity contribution in [2.45, 2.75) is 19.1 Å². The summed E-state index contributed by atoms with van der Waals surface area (Å²) in [6.07, 6.45) is -4.56. The number of hydrogen-bond acceptors (Lipinski definition) is 7. The monoisotopic (exact) mass is 460 g/mol. The van der Waals surface area contributed by atoms with Crippen LogP contribution in [0.3, 0.4) is 0 Å². The number of carbonyl (C=O) groups is 2. The van der Waals surface area contributed by atoms with Crippen molar-refractivity contribution in [2.24, 2.45) is 11.5 Å². The number of nitrogens with two attached hydrogens (primary N) is 3. The van der Waals surface area contributed by atoms with Crippen LogP contribution in [0.15, 0.2) is 48.5 Å². The lowest BCUT2D eigenvalue weighted by Gasteiger charge is -2.13. The molecule has 0 bridgehead atoms. The number of rotatable bonds is 7. The highest BCUT2D eigenvalue weighted by atomic mass is 19.4. The van der Waals surface area contributed by atoms with Crippen molar-refractivity contribution in [3.8, 4) is 22.9 Å². The van der Waals surface area contributed by atoms with Crippen molar-refractivity contribution in [3.63, 3.8) is 0 Å². The van der Waals surface area contributed by atoms with E-state index < -0.39 is 35.3 Å². The zero-order chi connectivity index (χ0) is 24.3. The van der Waals surface area contributed by atoms with Gasteiger partial charge in [0.1, 0.15) is 29.1 Å². The Morgan fingerprint density at radius 2 is 1.64 bits per heavy atom. The van der Waals surface area contributed by atoms with E-state index in [9.17, 15) is 22.8 Å². The van der Waals surface area contributed by atoms with Crippen LogP contribution in [-0.4, -0.2) is 27.8 Å². The molecular formula is C21H19F3N6O3. The average molecular weight is 460 g/mol. The molecule has 1 heterocycles. The number of primary amides is 2. The molecule has 9 nitrogen and oxygen atoms in total. The first-order chi connectivity index (χ1) is 15.4. The van der Waals surface area contributed by atoms with Crippen LogP contribution >= 0.6 is 0 Å². The van der Waals surface area contributed by atoms with Crippen molar-refractivity contribution in [1.82, 2.24) is 9.97 Å². The highest BCUT2D eigenvalue weighted by Gasteiger charge is 2.32. The Morgan fingerprint density at radius 3 is 2.18 bits per heavy atom. The highest BCUT2D eigenvalue weighted by Crippen LogP contribution is 2.36. The molecule has 3 aromatic rings. The van der Waals surface area contributed by atoms with Crippen molar-refractivity contribution in [3.05, 3.63) is 59.8 Å². The maximum atomic E-state index is 12.8. The lowest BCUT2D eigenvalue weighted by atomic mass is 10.1. The summed E-state index contributed by atoms with van der Waals surface area (Å²) in [6.45, 7) is 1.52. The molecule has 1 aromatic heterocycles. The van der Waals surface area contributed by atoms with Crippen LogP contribution in [0, 0.1) is 0 Å². The summed E-state index contributed by atoms with van der Waals surface area (Å²) in [5, 5.41) is 2.76. The molecule has 172 valence electrons. The smallest absolute Gasteiger partial charge is 0.418 e. The van der Waals surface area contributed by atoms with E-state index in [0.717, 1.165) is 18.2 Å². The Hall–Kier alpha value is -4.35. The number of hydrogen-bond donors (Lipinski definition) is 4. The Labute approximate surface area is 185 Å². The van der Waals surface area contributed by atoms with Crippen molar-refractivity contribution in [1.29, 1.82) is 0 Å². The second kappa shape index (κ2) is 9.02. The molecular weight excluding hydrogens is 441 g/mol. The lowest BCUT2D eigenvalue weighted by Crippen LogP contribution is -2.33. The Bertz CT molecular complexity index is 1200. The molecule has 0 unspecified atom stereocenters. The summed E-state index contributed by atoms with van der Waals surface area (Å²) in [7, 11) is 0. The van der Waals surface area contributed by atoms with Gasteiger partial charge in [-0.3, -0.25) is 9.59 Å². The van der Waals surface area contributed by atoms with Gasteiger partial charge in [0.15, 0.2) is 5.82 Å². The highest BCUT2D eigenvalue weighted by molar-refractivity contribution is 5.92. The number of amides is 2. The standard InChI is InChI=1S/C21H19F3N6O3/c1-10(18(26)31)28-17-9-16(19(27)32)29-20(30-17)11-2-4-12(5-3-11)33-13-6-7-14(15(25)8-13)21(22,23)24/h2-10H,25H2,1H3,(H2,26,31)(H2,27,32)(H,28,29,30)/t10-/m0/s1. The zero-order valence-electron chi connectivity index (χ0n) is 17.2. The van der Waals surface area contributed by atoms with Gasteiger partial charge in [0.05, 0.1) is 5.56 Å². The number of benzene rings is 2. The minimum atomic E-state index is -4.56. The van der Waals surface area contributed by atoms with Crippen LogP contribution in [0.2, 0.25) is 0 Å². The van der Waals surface area contributed by atoms with E-state index in [0.29, 0.717) is 11.3 Å². The average Bonchev–Trinajstić information content (AvgIpc) is 2.73. The number of nitrogens with one attached hydrogen (secondary N) is 1. The minimum Gasteiger partial charge on any atom is -0.457 e. The Balaban J connectivity index is 1.85. The van der Waals surface area contributed by atoms with E-state index in [1.54, 1.807) is 12.1 Å². The molecule has 12 heteroatoms. The molecule has 2 amide bonds. The topological polar surface area (TPSA) is 159 Å². The van der Waals surface area contributed by atoms with Crippen LogP contribution in [0.4, 0.5) is 24.7 Å². The number of ether oxygens (including phenoxy) is 1. The minimum absolute atomic E-state index is 0.0836. The number of nitrogens with zero attached hydrogens (tertiary/aromatic N) is 2. The first-order valence-corrected chi connectivity index (χ1v) is 9.44. The fourth-order valence-electron chi connectivity index (χ4n) is 2.74. The molecule has 3 rings (SSSR count). The fourth-order valence-corrected chi connectivity index (χ4v) is 2.74. The number of anilines is 2. The van der Waals surface area contributed by atoms with Crippen molar-refractivity contribution < 1.29 is 27.5 Å². The lowest BCUT2D eigenvalue weighted by molar-refractivity contribution is -0.136. The van der Waals surface area contributed by atoms with Gasteiger partial charge in [-0.25, -0.2) is 9.97 Å². The van der Waals surface area contributed by atoms with Crippen LogP contribution in [0.25, 0.3) is 11.4 Å². The number of nitrogen functional groups attached to an aromatic ring is 1. The quantitative estimate of drug-likeness (QED) is 0.394. The second-order valence-corrected chi connectivity index (χ2v) is 6.97. The van der Waals surface area contributed by atoms with E-state index in [1.165, 1.54) is 25.1 Å². The fraction of sp³-hybridized carbons (Fsp3) is 0.143. The van der Waals surface area contributed by atoms with Crippen LogP contribution in [-0.2, 0) is 11.0 Å².